The summed E-state index contributed by atoms with van der Waals surface area (Å²) in [6, 6.07) is 20.5. The van der Waals surface area contributed by atoms with E-state index in [1.54, 1.807) is 12.1 Å². The van der Waals surface area contributed by atoms with Crippen LogP contribution in [0, 0.1) is 0 Å². The van der Waals surface area contributed by atoms with Crippen LogP contribution in [0.25, 0.3) is 0 Å². The molecule has 3 aromatic rings. The van der Waals surface area contributed by atoms with Gasteiger partial charge in [-0.05, 0) is 61.1 Å². The Balaban J connectivity index is 1.37. The Bertz CT molecular complexity index is 971. The van der Waals surface area contributed by atoms with E-state index in [0.29, 0.717) is 17.5 Å². The minimum Gasteiger partial charge on any atom is -0.439 e. The van der Waals surface area contributed by atoms with Crippen molar-refractivity contribution in [1.82, 2.24) is 10.3 Å². The fraction of sp³-hybridized carbons (Fsp3) is 0.250. The topological polar surface area (TPSA) is 77.2 Å². The minimum absolute atomic E-state index is 0.372. The highest BCUT2D eigenvalue weighted by Crippen LogP contribution is 2.32. The molecule has 1 amide bonds. The van der Waals surface area contributed by atoms with Crippen LogP contribution >= 0.6 is 0 Å². The quantitative estimate of drug-likeness (QED) is 0.649. The summed E-state index contributed by atoms with van der Waals surface area (Å²) in [7, 11) is 0. The third-order valence-electron chi connectivity index (χ3n) is 5.36. The molecule has 1 aromatic heterocycles. The number of carbonyl (C=O) groups is 1. The van der Waals surface area contributed by atoms with Crippen LogP contribution in [0.1, 0.15) is 33.5 Å². The van der Waals surface area contributed by atoms with Crippen LogP contribution in [0.15, 0.2) is 66.9 Å². The predicted molar refractivity (Wildman–Crippen MR) is 113 cm³/mol. The second-order valence-corrected chi connectivity index (χ2v) is 7.37. The zero-order valence-electron chi connectivity index (χ0n) is 16.3. The molecule has 1 atom stereocenters. The highest BCUT2D eigenvalue weighted by molar-refractivity contribution is 5.92. The first-order valence-electron chi connectivity index (χ1n) is 10.0. The number of carbonyl (C=O) groups excluding carboxylic acids is 1. The van der Waals surface area contributed by atoms with E-state index in [4.69, 9.17) is 10.5 Å². The molecular formula is C24H25N3O2. The van der Waals surface area contributed by atoms with Gasteiger partial charge in [0.1, 0.15) is 5.75 Å². The summed E-state index contributed by atoms with van der Waals surface area (Å²) in [5, 5.41) is 3.70. The number of aromatic nitrogens is 1. The van der Waals surface area contributed by atoms with Gasteiger partial charge in [-0.1, -0.05) is 42.5 Å². The summed E-state index contributed by atoms with van der Waals surface area (Å²) >= 11 is 0. The van der Waals surface area contributed by atoms with Crippen LogP contribution < -0.4 is 15.8 Å². The maximum absolute atomic E-state index is 11.2. The maximum Gasteiger partial charge on any atom is 0.250 e. The van der Waals surface area contributed by atoms with Gasteiger partial charge in [-0.25, -0.2) is 4.98 Å². The Morgan fingerprint density at radius 1 is 1.10 bits per heavy atom. The first-order chi connectivity index (χ1) is 14.2. The van der Waals surface area contributed by atoms with Crippen molar-refractivity contribution in [2.75, 3.05) is 6.54 Å². The van der Waals surface area contributed by atoms with E-state index in [0.717, 1.165) is 38.0 Å². The lowest BCUT2D eigenvalue weighted by Crippen LogP contribution is -2.35. The number of hydrogen-bond donors (Lipinski definition) is 2. The largest absolute Gasteiger partial charge is 0.439 e. The zero-order chi connectivity index (χ0) is 20.1. The fourth-order valence-corrected chi connectivity index (χ4v) is 3.81. The molecule has 0 radical (unpaired) electrons. The number of rotatable bonds is 7. The van der Waals surface area contributed by atoms with Crippen LogP contribution in [-0.2, 0) is 19.3 Å². The zero-order valence-corrected chi connectivity index (χ0v) is 16.3. The monoisotopic (exact) mass is 387 g/mol. The molecule has 1 aliphatic rings. The smallest absolute Gasteiger partial charge is 0.250 e. The summed E-state index contributed by atoms with van der Waals surface area (Å²) in [5.74, 6) is 0.808. The number of nitrogens with two attached hydrogens (primary N) is 1. The Hall–Kier alpha value is -3.18. The number of benzene rings is 2. The molecule has 3 N–H and O–H groups in total. The molecule has 5 nitrogen and oxygen atoms in total. The molecule has 4 rings (SSSR count). The Morgan fingerprint density at radius 2 is 1.97 bits per heavy atom. The van der Waals surface area contributed by atoms with Gasteiger partial charge in [0.05, 0.1) is 5.56 Å². The highest BCUT2D eigenvalue weighted by atomic mass is 16.5. The molecule has 1 aliphatic carbocycles. The summed E-state index contributed by atoms with van der Waals surface area (Å²) < 4.78 is 6.00. The Kier molecular flexibility index (Phi) is 5.86. The molecule has 0 spiro atoms. The fourth-order valence-electron chi connectivity index (χ4n) is 3.81. The molecule has 148 valence electrons. The van der Waals surface area contributed by atoms with Gasteiger partial charge in [-0.3, -0.25) is 4.79 Å². The summed E-state index contributed by atoms with van der Waals surface area (Å²) in [6.07, 6.45) is 5.53. The molecule has 29 heavy (non-hydrogen) atoms. The average molecular weight is 387 g/mol. The SMILES string of the molecule is NC(=O)c1ccc(Oc2cccc3c2CCC(NCCc2ccccc2)C3)nc1. The van der Waals surface area contributed by atoms with Crippen LogP contribution in [0.4, 0.5) is 0 Å². The van der Waals surface area contributed by atoms with E-state index in [9.17, 15) is 4.79 Å². The van der Waals surface area contributed by atoms with Gasteiger partial charge in [-0.2, -0.15) is 0 Å². The van der Waals surface area contributed by atoms with Gasteiger partial charge in [-0.15, -0.1) is 0 Å². The van der Waals surface area contributed by atoms with E-state index in [1.165, 1.54) is 22.9 Å². The van der Waals surface area contributed by atoms with Crippen molar-refractivity contribution in [3.8, 4) is 11.6 Å². The lowest BCUT2D eigenvalue weighted by Gasteiger charge is -2.27. The molecule has 1 unspecified atom stereocenters. The van der Waals surface area contributed by atoms with Crippen molar-refractivity contribution >= 4 is 5.91 Å². The number of nitrogens with one attached hydrogen (secondary N) is 1. The Labute approximate surface area is 170 Å². The molecule has 1 heterocycles. The van der Waals surface area contributed by atoms with Crippen molar-refractivity contribution in [3.05, 3.63) is 89.1 Å². The van der Waals surface area contributed by atoms with Gasteiger partial charge in [0.25, 0.3) is 0 Å². The van der Waals surface area contributed by atoms with Gasteiger partial charge < -0.3 is 15.8 Å². The van der Waals surface area contributed by atoms with Crippen molar-refractivity contribution in [2.45, 2.75) is 31.7 Å². The van der Waals surface area contributed by atoms with Crippen LogP contribution in [0.3, 0.4) is 0 Å². The van der Waals surface area contributed by atoms with Crippen molar-refractivity contribution in [1.29, 1.82) is 0 Å². The van der Waals surface area contributed by atoms with Crippen LogP contribution in [0.5, 0.6) is 11.6 Å². The van der Waals surface area contributed by atoms with Crippen molar-refractivity contribution in [2.24, 2.45) is 5.73 Å². The highest BCUT2D eigenvalue weighted by Gasteiger charge is 2.21. The molecule has 0 fully saturated rings. The second kappa shape index (κ2) is 8.88. The number of primary amides is 1. The minimum atomic E-state index is -0.494. The standard InChI is InChI=1S/C24H25N3O2/c25-24(28)19-9-12-23(27-16-19)29-22-8-4-7-18-15-20(10-11-21(18)22)26-14-13-17-5-2-1-3-6-17/h1-9,12,16,20,26H,10-11,13-15H2,(H2,25,28). The predicted octanol–water partition coefficient (Wildman–Crippen LogP) is 3.66. The van der Waals surface area contributed by atoms with Gasteiger partial charge in [0.15, 0.2) is 0 Å². The number of pyridine rings is 1. The van der Waals surface area contributed by atoms with E-state index in [-0.39, 0.29) is 0 Å². The number of hydrogen-bond acceptors (Lipinski definition) is 4. The lowest BCUT2D eigenvalue weighted by molar-refractivity contribution is 0.1000. The molecule has 0 saturated carbocycles. The van der Waals surface area contributed by atoms with Gasteiger partial charge in [0.2, 0.25) is 11.8 Å². The van der Waals surface area contributed by atoms with Crippen molar-refractivity contribution in [3.63, 3.8) is 0 Å². The molecule has 5 heteroatoms. The van der Waals surface area contributed by atoms with Crippen LogP contribution in [0.2, 0.25) is 0 Å². The van der Waals surface area contributed by atoms with Gasteiger partial charge >= 0.3 is 0 Å². The molecular weight excluding hydrogens is 362 g/mol. The number of amides is 1. The molecule has 0 bridgehead atoms. The lowest BCUT2D eigenvalue weighted by atomic mass is 9.87. The third-order valence-corrected chi connectivity index (χ3v) is 5.36. The summed E-state index contributed by atoms with van der Waals surface area (Å²) in [6.45, 7) is 0.982. The number of ether oxygens (including phenoxy) is 1. The van der Waals surface area contributed by atoms with Crippen molar-refractivity contribution < 1.29 is 9.53 Å². The summed E-state index contributed by atoms with van der Waals surface area (Å²) in [4.78, 5) is 15.4. The molecule has 0 aliphatic heterocycles. The summed E-state index contributed by atoms with van der Waals surface area (Å²) in [5.41, 5.74) is 9.56. The first-order valence-corrected chi connectivity index (χ1v) is 10.0. The Morgan fingerprint density at radius 3 is 2.72 bits per heavy atom. The first kappa shape index (κ1) is 19.2. The second-order valence-electron chi connectivity index (χ2n) is 7.37. The number of nitrogens with zero attached hydrogens (tertiary/aromatic N) is 1. The van der Waals surface area contributed by atoms with E-state index < -0.39 is 5.91 Å². The van der Waals surface area contributed by atoms with Crippen LogP contribution in [-0.4, -0.2) is 23.5 Å². The average Bonchev–Trinajstić information content (AvgIpc) is 2.75. The van der Waals surface area contributed by atoms with E-state index in [2.05, 4.69) is 46.7 Å². The van der Waals surface area contributed by atoms with Gasteiger partial charge in [0, 0.05) is 18.3 Å². The number of fused-ring (bicyclic) bond motifs is 1. The molecule has 2 aromatic carbocycles. The maximum atomic E-state index is 11.2. The van der Waals surface area contributed by atoms with E-state index in [1.807, 2.05) is 12.1 Å². The van der Waals surface area contributed by atoms with E-state index >= 15 is 0 Å². The third kappa shape index (κ3) is 4.81. The normalized spacial score (nSPS) is 15.5. The molecule has 0 saturated heterocycles.